The minimum atomic E-state index is 0.533. The molecule has 16 heavy (non-hydrogen) atoms. The van der Waals surface area contributed by atoms with Crippen LogP contribution in [0.3, 0.4) is 0 Å². The second kappa shape index (κ2) is 4.88. The highest BCUT2D eigenvalue weighted by atomic mass is 15.2. The fourth-order valence-corrected chi connectivity index (χ4v) is 2.52. The number of nitrogens with two attached hydrogens (primary N) is 1. The number of hydrogen-bond acceptors (Lipinski definition) is 2. The molecule has 1 atom stereocenters. The van der Waals surface area contributed by atoms with Crippen molar-refractivity contribution in [2.45, 2.75) is 32.7 Å². The first-order valence-corrected chi connectivity index (χ1v) is 6.30. The summed E-state index contributed by atoms with van der Waals surface area (Å²) in [5, 5.41) is 0. The van der Waals surface area contributed by atoms with E-state index in [0.29, 0.717) is 6.04 Å². The maximum atomic E-state index is 5.94. The third-order valence-corrected chi connectivity index (χ3v) is 3.57. The first-order valence-electron chi connectivity index (χ1n) is 6.30. The van der Waals surface area contributed by atoms with E-state index < -0.39 is 0 Å². The largest absolute Gasteiger partial charge is 0.367 e. The third-order valence-electron chi connectivity index (χ3n) is 3.57. The van der Waals surface area contributed by atoms with Crippen LogP contribution in [0.1, 0.15) is 25.3 Å². The van der Waals surface area contributed by atoms with Crippen molar-refractivity contribution in [3.63, 3.8) is 0 Å². The Bertz CT molecular complexity index is 344. The van der Waals surface area contributed by atoms with Crippen LogP contribution in [0.2, 0.25) is 0 Å². The number of para-hydroxylation sites is 1. The van der Waals surface area contributed by atoms with Crippen LogP contribution in [0, 0.1) is 12.8 Å². The van der Waals surface area contributed by atoms with Crippen molar-refractivity contribution in [1.29, 1.82) is 0 Å². The molecule has 2 rings (SSSR count). The van der Waals surface area contributed by atoms with E-state index in [2.05, 4.69) is 43.0 Å². The van der Waals surface area contributed by atoms with E-state index in [4.69, 9.17) is 5.73 Å². The van der Waals surface area contributed by atoms with E-state index in [-0.39, 0.29) is 0 Å². The highest BCUT2D eigenvalue weighted by Gasteiger charge is 2.34. The molecule has 1 unspecified atom stereocenters. The highest BCUT2D eigenvalue weighted by molar-refractivity contribution is 5.54. The molecule has 0 radical (unpaired) electrons. The summed E-state index contributed by atoms with van der Waals surface area (Å²) in [6.07, 6.45) is 2.70. The number of nitrogens with zero attached hydrogens (tertiary/aromatic N) is 1. The predicted molar refractivity (Wildman–Crippen MR) is 69.8 cm³/mol. The highest BCUT2D eigenvalue weighted by Crippen LogP contribution is 2.37. The standard InChI is InChI=1S/C14H22N2/c1-3-16(14(10-15)12-8-9-12)13-7-5-4-6-11(13)2/h4-7,12,14H,3,8-10,15H2,1-2H3. The number of aryl methyl sites for hydroxylation is 1. The molecule has 0 spiro atoms. The van der Waals surface area contributed by atoms with Gasteiger partial charge in [-0.3, -0.25) is 0 Å². The quantitative estimate of drug-likeness (QED) is 0.823. The molecule has 1 saturated carbocycles. The third kappa shape index (κ3) is 2.22. The Labute approximate surface area is 98.4 Å². The first kappa shape index (κ1) is 11.5. The lowest BCUT2D eigenvalue weighted by atomic mass is 10.1. The second-order valence-corrected chi connectivity index (χ2v) is 4.71. The van der Waals surface area contributed by atoms with Crippen molar-refractivity contribution >= 4 is 5.69 Å². The van der Waals surface area contributed by atoms with Crippen LogP contribution in [0.5, 0.6) is 0 Å². The van der Waals surface area contributed by atoms with E-state index >= 15 is 0 Å². The van der Waals surface area contributed by atoms with Gasteiger partial charge in [0.15, 0.2) is 0 Å². The lowest BCUT2D eigenvalue weighted by Crippen LogP contribution is -2.42. The van der Waals surface area contributed by atoms with Gasteiger partial charge >= 0.3 is 0 Å². The molecule has 1 aromatic rings. The van der Waals surface area contributed by atoms with Crippen molar-refractivity contribution in [1.82, 2.24) is 0 Å². The van der Waals surface area contributed by atoms with Gasteiger partial charge in [-0.1, -0.05) is 18.2 Å². The van der Waals surface area contributed by atoms with Crippen LogP contribution >= 0.6 is 0 Å². The average Bonchev–Trinajstić information content (AvgIpc) is 3.11. The second-order valence-electron chi connectivity index (χ2n) is 4.71. The molecule has 0 aromatic heterocycles. The molecule has 1 aliphatic carbocycles. The summed E-state index contributed by atoms with van der Waals surface area (Å²) in [5.41, 5.74) is 8.64. The molecule has 2 heteroatoms. The molecule has 88 valence electrons. The molecule has 2 N–H and O–H groups in total. The summed E-state index contributed by atoms with van der Waals surface area (Å²) in [5.74, 6) is 0.824. The molecule has 1 aliphatic rings. The molecule has 0 saturated heterocycles. The molecule has 1 fully saturated rings. The molecule has 1 aromatic carbocycles. The summed E-state index contributed by atoms with van der Waals surface area (Å²) < 4.78 is 0. The summed E-state index contributed by atoms with van der Waals surface area (Å²) >= 11 is 0. The zero-order valence-electron chi connectivity index (χ0n) is 10.3. The minimum absolute atomic E-state index is 0.533. The Morgan fingerprint density at radius 3 is 2.56 bits per heavy atom. The van der Waals surface area contributed by atoms with Gasteiger partial charge in [0.1, 0.15) is 0 Å². The van der Waals surface area contributed by atoms with Gasteiger partial charge in [-0.15, -0.1) is 0 Å². The van der Waals surface area contributed by atoms with E-state index in [9.17, 15) is 0 Å². The van der Waals surface area contributed by atoms with Gasteiger partial charge in [-0.2, -0.15) is 0 Å². The van der Waals surface area contributed by atoms with Gasteiger partial charge in [-0.05, 0) is 44.2 Å². The van der Waals surface area contributed by atoms with E-state index in [1.54, 1.807) is 0 Å². The van der Waals surface area contributed by atoms with Crippen molar-refractivity contribution in [3.8, 4) is 0 Å². The van der Waals surface area contributed by atoms with Crippen molar-refractivity contribution in [3.05, 3.63) is 29.8 Å². The lowest BCUT2D eigenvalue weighted by molar-refractivity contribution is 0.547. The van der Waals surface area contributed by atoms with E-state index in [1.165, 1.54) is 24.1 Å². The van der Waals surface area contributed by atoms with Crippen LogP contribution in [0.25, 0.3) is 0 Å². The molecule has 0 bridgehead atoms. The topological polar surface area (TPSA) is 29.3 Å². The van der Waals surface area contributed by atoms with Crippen molar-refractivity contribution in [2.75, 3.05) is 18.0 Å². The molecular weight excluding hydrogens is 196 g/mol. The fraction of sp³-hybridized carbons (Fsp3) is 0.571. The Morgan fingerprint density at radius 1 is 1.38 bits per heavy atom. The predicted octanol–water partition coefficient (Wildman–Crippen LogP) is 2.56. The number of benzene rings is 1. The Kier molecular flexibility index (Phi) is 3.49. The summed E-state index contributed by atoms with van der Waals surface area (Å²) in [6.45, 7) is 6.21. The smallest absolute Gasteiger partial charge is 0.0440 e. The zero-order valence-corrected chi connectivity index (χ0v) is 10.3. The number of hydrogen-bond donors (Lipinski definition) is 1. The molecule has 0 aliphatic heterocycles. The minimum Gasteiger partial charge on any atom is -0.367 e. The summed E-state index contributed by atoms with van der Waals surface area (Å²) in [7, 11) is 0. The Balaban J connectivity index is 2.23. The molecule has 0 amide bonds. The van der Waals surface area contributed by atoms with Crippen LogP contribution in [0.4, 0.5) is 5.69 Å². The van der Waals surface area contributed by atoms with Gasteiger partial charge in [0.25, 0.3) is 0 Å². The number of rotatable bonds is 5. The van der Waals surface area contributed by atoms with Crippen LogP contribution in [-0.2, 0) is 0 Å². The van der Waals surface area contributed by atoms with Gasteiger partial charge in [0, 0.05) is 24.8 Å². The summed E-state index contributed by atoms with van der Waals surface area (Å²) in [4.78, 5) is 2.48. The van der Waals surface area contributed by atoms with E-state index in [0.717, 1.165) is 19.0 Å². The lowest BCUT2D eigenvalue weighted by Gasteiger charge is -2.33. The van der Waals surface area contributed by atoms with Crippen LogP contribution in [-0.4, -0.2) is 19.1 Å². The number of anilines is 1. The molecular formula is C14H22N2. The Hall–Kier alpha value is -1.02. The normalized spacial score (nSPS) is 17.2. The zero-order chi connectivity index (χ0) is 11.5. The monoisotopic (exact) mass is 218 g/mol. The van der Waals surface area contributed by atoms with Gasteiger partial charge in [0.05, 0.1) is 0 Å². The van der Waals surface area contributed by atoms with E-state index in [1.807, 2.05) is 0 Å². The van der Waals surface area contributed by atoms with Gasteiger partial charge in [-0.25, -0.2) is 0 Å². The Morgan fingerprint density at radius 2 is 2.06 bits per heavy atom. The first-order chi connectivity index (χ1) is 7.77. The maximum absolute atomic E-state index is 5.94. The summed E-state index contributed by atoms with van der Waals surface area (Å²) in [6, 6.07) is 9.14. The van der Waals surface area contributed by atoms with Crippen LogP contribution < -0.4 is 10.6 Å². The molecule has 0 heterocycles. The van der Waals surface area contributed by atoms with Crippen molar-refractivity contribution in [2.24, 2.45) is 11.7 Å². The van der Waals surface area contributed by atoms with Gasteiger partial charge in [0.2, 0.25) is 0 Å². The van der Waals surface area contributed by atoms with Gasteiger partial charge < -0.3 is 10.6 Å². The van der Waals surface area contributed by atoms with Crippen molar-refractivity contribution < 1.29 is 0 Å². The average molecular weight is 218 g/mol. The SMILES string of the molecule is CCN(c1ccccc1C)C(CN)C1CC1. The van der Waals surface area contributed by atoms with Crippen LogP contribution in [0.15, 0.2) is 24.3 Å². The fourth-order valence-electron chi connectivity index (χ4n) is 2.52. The maximum Gasteiger partial charge on any atom is 0.0440 e. The number of likely N-dealkylation sites (N-methyl/N-ethyl adjacent to an activating group) is 1. The molecule has 2 nitrogen and oxygen atoms in total.